The summed E-state index contributed by atoms with van der Waals surface area (Å²) in [7, 11) is 0. The van der Waals surface area contributed by atoms with Crippen LogP contribution in [0.3, 0.4) is 0 Å². The van der Waals surface area contributed by atoms with Crippen LogP contribution < -0.4 is 9.64 Å². The van der Waals surface area contributed by atoms with Gasteiger partial charge in [-0.3, -0.25) is 4.79 Å². The molecule has 1 fully saturated rings. The second-order valence-corrected chi connectivity index (χ2v) is 8.44. The van der Waals surface area contributed by atoms with Crippen LogP contribution in [-0.4, -0.2) is 29.2 Å². The van der Waals surface area contributed by atoms with Crippen molar-refractivity contribution in [2.45, 2.75) is 40.0 Å². The molecule has 2 aromatic carbocycles. The SMILES string of the molecule is Cc1cc(C)cc(N2CC(c3nc(-c4ccc(OCC(C)C)cc4)no3)CC2=O)c1. The van der Waals surface area contributed by atoms with E-state index in [-0.39, 0.29) is 11.8 Å². The number of ether oxygens (including phenoxy) is 1. The van der Waals surface area contributed by atoms with Gasteiger partial charge in [0.1, 0.15) is 5.75 Å². The van der Waals surface area contributed by atoms with Crippen molar-refractivity contribution >= 4 is 11.6 Å². The minimum absolute atomic E-state index is 0.0800. The van der Waals surface area contributed by atoms with E-state index in [0.29, 0.717) is 37.2 Å². The number of aryl methyl sites for hydroxylation is 2. The summed E-state index contributed by atoms with van der Waals surface area (Å²) in [5, 5.41) is 4.13. The molecule has 0 saturated carbocycles. The molecule has 1 aliphatic heterocycles. The normalized spacial score (nSPS) is 16.5. The molecule has 6 heteroatoms. The molecule has 30 heavy (non-hydrogen) atoms. The summed E-state index contributed by atoms with van der Waals surface area (Å²) in [5.74, 6) is 2.30. The maximum Gasteiger partial charge on any atom is 0.232 e. The Morgan fingerprint density at radius 3 is 2.50 bits per heavy atom. The number of carbonyl (C=O) groups excluding carboxylic acids is 1. The van der Waals surface area contributed by atoms with E-state index >= 15 is 0 Å². The van der Waals surface area contributed by atoms with Gasteiger partial charge in [-0.1, -0.05) is 25.1 Å². The van der Waals surface area contributed by atoms with Crippen molar-refractivity contribution in [1.29, 1.82) is 0 Å². The summed E-state index contributed by atoms with van der Waals surface area (Å²) >= 11 is 0. The molecule has 1 aromatic heterocycles. The van der Waals surface area contributed by atoms with Crippen molar-refractivity contribution < 1.29 is 14.1 Å². The number of rotatable bonds is 6. The molecular formula is C24H27N3O3. The van der Waals surface area contributed by atoms with E-state index < -0.39 is 0 Å². The molecule has 0 aliphatic carbocycles. The first kappa shape index (κ1) is 20.1. The molecule has 0 bridgehead atoms. The van der Waals surface area contributed by atoms with E-state index in [0.717, 1.165) is 28.1 Å². The molecule has 156 valence electrons. The monoisotopic (exact) mass is 405 g/mol. The Kier molecular flexibility index (Phi) is 5.57. The first-order valence-electron chi connectivity index (χ1n) is 10.3. The molecule has 1 aliphatic rings. The highest BCUT2D eigenvalue weighted by Gasteiger charge is 2.35. The van der Waals surface area contributed by atoms with Crippen LogP contribution in [0.1, 0.15) is 43.2 Å². The summed E-state index contributed by atoms with van der Waals surface area (Å²) in [4.78, 5) is 19.0. The minimum atomic E-state index is -0.104. The highest BCUT2D eigenvalue weighted by atomic mass is 16.5. The number of aromatic nitrogens is 2. The Morgan fingerprint density at radius 1 is 1.13 bits per heavy atom. The largest absolute Gasteiger partial charge is 0.493 e. The number of benzene rings is 2. The maximum absolute atomic E-state index is 12.6. The molecule has 1 unspecified atom stereocenters. The zero-order valence-electron chi connectivity index (χ0n) is 17.9. The van der Waals surface area contributed by atoms with Gasteiger partial charge in [0.05, 0.1) is 12.5 Å². The van der Waals surface area contributed by atoms with Crippen molar-refractivity contribution in [3.05, 3.63) is 59.5 Å². The van der Waals surface area contributed by atoms with Crippen LogP contribution in [0.5, 0.6) is 5.75 Å². The molecule has 0 spiro atoms. The van der Waals surface area contributed by atoms with Crippen molar-refractivity contribution in [2.75, 3.05) is 18.1 Å². The summed E-state index contributed by atoms with van der Waals surface area (Å²) in [6.45, 7) is 9.54. The molecule has 1 atom stereocenters. The smallest absolute Gasteiger partial charge is 0.232 e. The standard InChI is InChI=1S/C24H27N3O3/c1-15(2)14-29-21-7-5-18(6-8-21)23-25-24(30-26-23)19-12-22(28)27(13-19)20-10-16(3)9-17(4)11-20/h5-11,15,19H,12-14H2,1-4H3. The van der Waals surface area contributed by atoms with Gasteiger partial charge in [0.25, 0.3) is 0 Å². The Morgan fingerprint density at radius 2 is 1.83 bits per heavy atom. The van der Waals surface area contributed by atoms with E-state index in [2.05, 4.69) is 30.1 Å². The van der Waals surface area contributed by atoms with Gasteiger partial charge in [0.15, 0.2) is 0 Å². The topological polar surface area (TPSA) is 68.5 Å². The fraction of sp³-hybridized carbons (Fsp3) is 0.375. The molecular weight excluding hydrogens is 378 g/mol. The minimum Gasteiger partial charge on any atom is -0.493 e. The van der Waals surface area contributed by atoms with Crippen LogP contribution in [0.25, 0.3) is 11.4 Å². The molecule has 3 aromatic rings. The predicted octanol–water partition coefficient (Wildman–Crippen LogP) is 4.91. The summed E-state index contributed by atoms with van der Waals surface area (Å²) < 4.78 is 11.2. The number of nitrogens with zero attached hydrogens (tertiary/aromatic N) is 3. The molecule has 2 heterocycles. The summed E-state index contributed by atoms with van der Waals surface area (Å²) in [6, 6.07) is 13.8. The highest BCUT2D eigenvalue weighted by molar-refractivity contribution is 5.96. The Hall–Kier alpha value is -3.15. The van der Waals surface area contributed by atoms with E-state index in [4.69, 9.17) is 9.26 Å². The molecule has 6 nitrogen and oxygen atoms in total. The van der Waals surface area contributed by atoms with Gasteiger partial charge in [-0.15, -0.1) is 0 Å². The number of hydrogen-bond donors (Lipinski definition) is 0. The second-order valence-electron chi connectivity index (χ2n) is 8.44. The predicted molar refractivity (Wildman–Crippen MR) is 116 cm³/mol. The Bertz CT molecular complexity index is 1020. The first-order valence-corrected chi connectivity index (χ1v) is 10.3. The molecule has 0 N–H and O–H groups in total. The summed E-state index contributed by atoms with van der Waals surface area (Å²) in [6.07, 6.45) is 0.372. The molecule has 4 rings (SSSR count). The summed E-state index contributed by atoms with van der Waals surface area (Å²) in [5.41, 5.74) is 4.07. The Balaban J connectivity index is 1.47. The quantitative estimate of drug-likeness (QED) is 0.583. The maximum atomic E-state index is 12.6. The zero-order valence-corrected chi connectivity index (χ0v) is 17.9. The van der Waals surface area contributed by atoms with Gasteiger partial charge >= 0.3 is 0 Å². The van der Waals surface area contributed by atoms with Crippen LogP contribution >= 0.6 is 0 Å². The second kappa shape index (κ2) is 8.30. The lowest BCUT2D eigenvalue weighted by atomic mass is 10.1. The number of amides is 1. The lowest BCUT2D eigenvalue weighted by molar-refractivity contribution is -0.117. The van der Waals surface area contributed by atoms with Gasteiger partial charge in [-0.05, 0) is 67.3 Å². The first-order chi connectivity index (χ1) is 14.4. The van der Waals surface area contributed by atoms with Crippen LogP contribution in [0.15, 0.2) is 47.0 Å². The molecule has 1 amide bonds. The van der Waals surface area contributed by atoms with Gasteiger partial charge in [-0.2, -0.15) is 4.98 Å². The average molecular weight is 405 g/mol. The van der Waals surface area contributed by atoms with Gasteiger partial charge in [-0.25, -0.2) is 0 Å². The van der Waals surface area contributed by atoms with Crippen LogP contribution in [0.4, 0.5) is 5.69 Å². The van der Waals surface area contributed by atoms with Gasteiger partial charge in [0, 0.05) is 24.2 Å². The van der Waals surface area contributed by atoms with Crippen LogP contribution in [-0.2, 0) is 4.79 Å². The number of carbonyl (C=O) groups is 1. The van der Waals surface area contributed by atoms with Crippen molar-refractivity contribution in [3.8, 4) is 17.1 Å². The van der Waals surface area contributed by atoms with E-state index in [1.54, 1.807) is 0 Å². The lowest BCUT2D eigenvalue weighted by Crippen LogP contribution is -2.24. The highest BCUT2D eigenvalue weighted by Crippen LogP contribution is 2.33. The third-order valence-corrected chi connectivity index (χ3v) is 5.13. The third kappa shape index (κ3) is 4.37. The Labute approximate surface area is 176 Å². The van der Waals surface area contributed by atoms with Crippen LogP contribution in [0.2, 0.25) is 0 Å². The number of anilines is 1. The third-order valence-electron chi connectivity index (χ3n) is 5.13. The molecule has 0 radical (unpaired) electrons. The fourth-order valence-electron chi connectivity index (χ4n) is 3.71. The van der Waals surface area contributed by atoms with Gasteiger partial charge < -0.3 is 14.2 Å². The average Bonchev–Trinajstić information content (AvgIpc) is 3.33. The van der Waals surface area contributed by atoms with Crippen molar-refractivity contribution in [2.24, 2.45) is 5.92 Å². The van der Waals surface area contributed by atoms with Crippen molar-refractivity contribution in [3.63, 3.8) is 0 Å². The van der Waals surface area contributed by atoms with Gasteiger partial charge in [0.2, 0.25) is 17.6 Å². The molecule has 1 saturated heterocycles. The number of hydrogen-bond acceptors (Lipinski definition) is 5. The fourth-order valence-corrected chi connectivity index (χ4v) is 3.71. The lowest BCUT2D eigenvalue weighted by Gasteiger charge is -2.17. The van der Waals surface area contributed by atoms with E-state index in [9.17, 15) is 4.79 Å². The zero-order chi connectivity index (χ0) is 21.3. The van der Waals surface area contributed by atoms with E-state index in [1.165, 1.54) is 0 Å². The van der Waals surface area contributed by atoms with E-state index in [1.807, 2.05) is 55.1 Å². The van der Waals surface area contributed by atoms with Crippen LogP contribution in [0, 0.1) is 19.8 Å². The van der Waals surface area contributed by atoms with Crippen molar-refractivity contribution in [1.82, 2.24) is 10.1 Å².